The van der Waals surface area contributed by atoms with Crippen LogP contribution in [0.2, 0.25) is 0 Å². The molecule has 1 fully saturated rings. The van der Waals surface area contributed by atoms with E-state index in [0.717, 1.165) is 5.92 Å². The van der Waals surface area contributed by atoms with Gasteiger partial charge in [0, 0.05) is 11.8 Å². The van der Waals surface area contributed by atoms with Crippen molar-refractivity contribution < 1.29 is 0 Å². The van der Waals surface area contributed by atoms with E-state index in [4.69, 9.17) is 0 Å². The second kappa shape index (κ2) is 4.62. The third-order valence-electron chi connectivity index (χ3n) is 5.03. The van der Waals surface area contributed by atoms with E-state index in [0.29, 0.717) is 11.8 Å². The zero-order valence-electron chi connectivity index (χ0n) is 13.4. The van der Waals surface area contributed by atoms with Gasteiger partial charge in [-0.2, -0.15) is 0 Å². The lowest BCUT2D eigenvalue weighted by Gasteiger charge is -2.20. The molecule has 0 bridgehead atoms. The maximum absolute atomic E-state index is 2.54. The minimum absolute atomic E-state index is 0.273. The summed E-state index contributed by atoms with van der Waals surface area (Å²) in [7, 11) is 0. The van der Waals surface area contributed by atoms with Crippen molar-refractivity contribution in [1.29, 1.82) is 0 Å². The number of benzene rings is 1. The highest BCUT2D eigenvalue weighted by Gasteiger charge is 2.39. The predicted molar refractivity (Wildman–Crippen MR) is 86.8 cm³/mol. The summed E-state index contributed by atoms with van der Waals surface area (Å²) < 4.78 is 0. The molecule has 0 amide bonds. The van der Waals surface area contributed by atoms with E-state index in [9.17, 15) is 0 Å². The topological polar surface area (TPSA) is 0 Å². The van der Waals surface area contributed by atoms with Gasteiger partial charge in [0.15, 0.2) is 0 Å². The van der Waals surface area contributed by atoms with Crippen molar-refractivity contribution in [2.45, 2.75) is 47.0 Å². The second-order valence-corrected chi connectivity index (χ2v) is 7.72. The van der Waals surface area contributed by atoms with Gasteiger partial charge in [0.25, 0.3) is 0 Å². The molecule has 1 aromatic rings. The number of aryl methyl sites for hydroxylation is 1. The molecule has 0 heterocycles. The van der Waals surface area contributed by atoms with Gasteiger partial charge in [-0.1, -0.05) is 75.2 Å². The summed E-state index contributed by atoms with van der Waals surface area (Å²) in [6.45, 7) is 11.5. The Morgan fingerprint density at radius 2 is 1.70 bits per heavy atom. The van der Waals surface area contributed by atoms with Gasteiger partial charge in [0.2, 0.25) is 0 Å². The van der Waals surface area contributed by atoms with Crippen LogP contribution in [-0.2, 0) is 0 Å². The van der Waals surface area contributed by atoms with E-state index in [1.807, 2.05) is 0 Å². The van der Waals surface area contributed by atoms with Crippen molar-refractivity contribution in [1.82, 2.24) is 0 Å². The van der Waals surface area contributed by atoms with Gasteiger partial charge in [0.1, 0.15) is 0 Å². The van der Waals surface area contributed by atoms with Gasteiger partial charge in [0.05, 0.1) is 0 Å². The Labute approximate surface area is 123 Å². The molecule has 106 valence electrons. The lowest BCUT2D eigenvalue weighted by Crippen LogP contribution is -2.07. The van der Waals surface area contributed by atoms with Crippen LogP contribution in [-0.4, -0.2) is 0 Å². The average molecular weight is 266 g/mol. The van der Waals surface area contributed by atoms with Crippen molar-refractivity contribution in [3.05, 3.63) is 58.7 Å². The molecule has 20 heavy (non-hydrogen) atoms. The van der Waals surface area contributed by atoms with Crippen LogP contribution in [0.1, 0.15) is 51.2 Å². The summed E-state index contributed by atoms with van der Waals surface area (Å²) >= 11 is 0. The fourth-order valence-corrected chi connectivity index (χ4v) is 3.69. The molecular formula is C20H26. The van der Waals surface area contributed by atoms with Gasteiger partial charge >= 0.3 is 0 Å². The molecule has 1 aromatic carbocycles. The van der Waals surface area contributed by atoms with Crippen LogP contribution in [0.4, 0.5) is 0 Å². The number of allylic oxidation sites excluding steroid dienone is 4. The molecule has 2 aliphatic rings. The SMILES string of the molecule is Cc1ccc(C2CC(C)C3C=C(C(C)(C)C)C=C23)cc1. The van der Waals surface area contributed by atoms with Crippen LogP contribution >= 0.6 is 0 Å². The lowest BCUT2D eigenvalue weighted by molar-refractivity contribution is 0.497. The Hall–Kier alpha value is -1.30. The Kier molecular flexibility index (Phi) is 3.16. The molecule has 0 heteroatoms. The number of rotatable bonds is 1. The van der Waals surface area contributed by atoms with Crippen LogP contribution in [0.15, 0.2) is 47.6 Å². The van der Waals surface area contributed by atoms with E-state index >= 15 is 0 Å². The molecule has 1 saturated carbocycles. The number of fused-ring (bicyclic) bond motifs is 1. The minimum Gasteiger partial charge on any atom is -0.0733 e. The van der Waals surface area contributed by atoms with Gasteiger partial charge < -0.3 is 0 Å². The fourth-order valence-electron chi connectivity index (χ4n) is 3.69. The molecule has 0 N–H and O–H groups in total. The first-order valence-electron chi connectivity index (χ1n) is 7.86. The minimum atomic E-state index is 0.273. The third-order valence-corrected chi connectivity index (χ3v) is 5.03. The van der Waals surface area contributed by atoms with Gasteiger partial charge in [-0.3, -0.25) is 0 Å². The van der Waals surface area contributed by atoms with Gasteiger partial charge in [-0.05, 0) is 35.8 Å². The maximum Gasteiger partial charge on any atom is 0.00602 e. The molecule has 0 radical (unpaired) electrons. The maximum atomic E-state index is 2.54. The van der Waals surface area contributed by atoms with Crippen molar-refractivity contribution in [2.24, 2.45) is 17.3 Å². The highest BCUT2D eigenvalue weighted by molar-refractivity contribution is 5.47. The molecule has 0 spiro atoms. The smallest absolute Gasteiger partial charge is 0.00602 e. The largest absolute Gasteiger partial charge is 0.0733 e. The zero-order valence-corrected chi connectivity index (χ0v) is 13.4. The summed E-state index contributed by atoms with van der Waals surface area (Å²) in [5.74, 6) is 2.08. The first kappa shape index (κ1) is 13.7. The first-order valence-corrected chi connectivity index (χ1v) is 7.86. The van der Waals surface area contributed by atoms with Crippen molar-refractivity contribution in [3.63, 3.8) is 0 Å². The molecule has 0 saturated heterocycles. The summed E-state index contributed by atoms with van der Waals surface area (Å²) in [4.78, 5) is 0. The first-order chi connectivity index (χ1) is 9.36. The monoisotopic (exact) mass is 266 g/mol. The lowest BCUT2D eigenvalue weighted by atomic mass is 9.85. The van der Waals surface area contributed by atoms with Crippen molar-refractivity contribution >= 4 is 0 Å². The molecule has 2 aliphatic carbocycles. The van der Waals surface area contributed by atoms with E-state index in [-0.39, 0.29) is 5.41 Å². The predicted octanol–water partition coefficient (Wildman–Crippen LogP) is 5.65. The zero-order chi connectivity index (χ0) is 14.5. The number of hydrogen-bond acceptors (Lipinski definition) is 0. The second-order valence-electron chi connectivity index (χ2n) is 7.72. The summed E-state index contributed by atoms with van der Waals surface area (Å²) in [6.07, 6.45) is 6.33. The van der Waals surface area contributed by atoms with Crippen LogP contribution in [0.3, 0.4) is 0 Å². The molecule has 0 aromatic heterocycles. The molecule has 3 atom stereocenters. The molecule has 3 rings (SSSR count). The molecule has 0 nitrogen and oxygen atoms in total. The van der Waals surface area contributed by atoms with Crippen LogP contribution < -0.4 is 0 Å². The highest BCUT2D eigenvalue weighted by Crippen LogP contribution is 2.52. The Morgan fingerprint density at radius 3 is 2.30 bits per heavy atom. The average Bonchev–Trinajstić information content (AvgIpc) is 2.91. The van der Waals surface area contributed by atoms with E-state index in [1.54, 1.807) is 5.57 Å². The number of hydrogen-bond donors (Lipinski definition) is 0. The normalized spacial score (nSPS) is 29.1. The molecular weight excluding hydrogens is 240 g/mol. The standard InChI is InChI=1S/C20H26/c1-13-6-8-15(9-7-13)18-10-14(2)17-11-16(12-19(17)18)20(3,4)5/h6-9,11-12,14,17-18H,10H2,1-5H3. The Morgan fingerprint density at radius 1 is 1.05 bits per heavy atom. The van der Waals surface area contributed by atoms with Crippen molar-refractivity contribution in [2.75, 3.05) is 0 Å². The highest BCUT2D eigenvalue weighted by atomic mass is 14.4. The van der Waals surface area contributed by atoms with Gasteiger partial charge in [-0.15, -0.1) is 0 Å². The van der Waals surface area contributed by atoms with Gasteiger partial charge in [-0.25, -0.2) is 0 Å². The molecule has 0 aliphatic heterocycles. The Balaban J connectivity index is 1.95. The summed E-state index contributed by atoms with van der Waals surface area (Å²) in [5.41, 5.74) is 6.31. The van der Waals surface area contributed by atoms with E-state index in [1.165, 1.54) is 23.1 Å². The Bertz CT molecular complexity index is 563. The summed E-state index contributed by atoms with van der Waals surface area (Å²) in [6, 6.07) is 9.15. The third kappa shape index (κ3) is 2.26. The van der Waals surface area contributed by atoms with Crippen LogP contribution in [0.5, 0.6) is 0 Å². The van der Waals surface area contributed by atoms with E-state index in [2.05, 4.69) is 71.0 Å². The van der Waals surface area contributed by atoms with E-state index < -0.39 is 0 Å². The molecule has 3 unspecified atom stereocenters. The quantitative estimate of drug-likeness (QED) is 0.616. The van der Waals surface area contributed by atoms with Crippen LogP contribution in [0, 0.1) is 24.2 Å². The fraction of sp³-hybridized carbons (Fsp3) is 0.500. The van der Waals surface area contributed by atoms with Crippen LogP contribution in [0.25, 0.3) is 0 Å². The van der Waals surface area contributed by atoms with Crippen molar-refractivity contribution in [3.8, 4) is 0 Å². The summed E-state index contributed by atoms with van der Waals surface area (Å²) in [5, 5.41) is 0.